The Kier molecular flexibility index (Phi) is 7.90. The predicted octanol–water partition coefficient (Wildman–Crippen LogP) is 4.71. The van der Waals surface area contributed by atoms with Crippen molar-refractivity contribution in [2.24, 2.45) is 0 Å². The van der Waals surface area contributed by atoms with E-state index in [0.717, 1.165) is 19.3 Å². The van der Waals surface area contributed by atoms with Crippen molar-refractivity contribution in [2.45, 2.75) is 39.7 Å². The molecule has 0 saturated heterocycles. The molecular formula is C26H30ClN7O2. The smallest absolute Gasteiger partial charge is 0.284 e. The Labute approximate surface area is 214 Å². The van der Waals surface area contributed by atoms with Gasteiger partial charge in [0.2, 0.25) is 5.95 Å². The van der Waals surface area contributed by atoms with Gasteiger partial charge in [0.05, 0.1) is 29.4 Å². The summed E-state index contributed by atoms with van der Waals surface area (Å²) in [5.74, 6) is 1.70. The van der Waals surface area contributed by atoms with Crippen LogP contribution in [0.5, 0.6) is 0 Å². The Balaban J connectivity index is 1.83. The maximum Gasteiger partial charge on any atom is 0.284 e. The van der Waals surface area contributed by atoms with Crippen molar-refractivity contribution >= 4 is 34.6 Å². The van der Waals surface area contributed by atoms with Crippen LogP contribution in [-0.4, -0.2) is 37.3 Å². The zero-order valence-electron chi connectivity index (χ0n) is 20.5. The van der Waals surface area contributed by atoms with Gasteiger partial charge in [0.1, 0.15) is 17.1 Å². The van der Waals surface area contributed by atoms with Gasteiger partial charge in [0.15, 0.2) is 5.82 Å². The van der Waals surface area contributed by atoms with Gasteiger partial charge in [-0.3, -0.25) is 9.36 Å². The van der Waals surface area contributed by atoms with Crippen molar-refractivity contribution in [3.05, 3.63) is 82.1 Å². The quantitative estimate of drug-likeness (QED) is 0.231. The third-order valence-corrected chi connectivity index (χ3v) is 6.01. The van der Waals surface area contributed by atoms with Gasteiger partial charge in [0.25, 0.3) is 5.56 Å². The van der Waals surface area contributed by atoms with Gasteiger partial charge in [-0.15, -0.1) is 0 Å². The van der Waals surface area contributed by atoms with Crippen LogP contribution in [0.1, 0.15) is 44.5 Å². The lowest BCUT2D eigenvalue weighted by Crippen LogP contribution is -2.33. The molecule has 3 heterocycles. The van der Waals surface area contributed by atoms with Crippen LogP contribution < -0.4 is 16.2 Å². The Hall–Kier alpha value is -3.85. The summed E-state index contributed by atoms with van der Waals surface area (Å²) in [7, 11) is 0. The Morgan fingerprint density at radius 3 is 2.69 bits per heavy atom. The van der Waals surface area contributed by atoms with Crippen LogP contribution in [0.3, 0.4) is 0 Å². The van der Waals surface area contributed by atoms with Gasteiger partial charge in [-0.05, 0) is 31.0 Å². The molecule has 188 valence electrons. The number of nitrogens with two attached hydrogens (primary N) is 1. The lowest BCUT2D eigenvalue weighted by atomic mass is 10.2. The first kappa shape index (κ1) is 25.2. The molecule has 2 N–H and O–H groups in total. The van der Waals surface area contributed by atoms with Crippen molar-refractivity contribution in [1.29, 1.82) is 0 Å². The standard InChI is InChI=1S/C26H30ClN7O2/c1-4-6-15-36-18(3)20-16-29-26(28)30-24(20)32(13-5-2)17-22-31-33-14-12-21(27)23(33)25(35)34(22)19-10-8-7-9-11-19/h7-12,14,16H,3-6,13,15,17H2,1-2H3,(H2,28,29,30). The Morgan fingerprint density at radius 2 is 1.97 bits per heavy atom. The number of unbranched alkanes of at least 4 members (excludes halogenated alkanes) is 1. The molecule has 9 nitrogen and oxygen atoms in total. The number of halogens is 1. The minimum absolute atomic E-state index is 0.136. The monoisotopic (exact) mass is 507 g/mol. The highest BCUT2D eigenvalue weighted by Crippen LogP contribution is 2.27. The van der Waals surface area contributed by atoms with Crippen LogP contribution in [-0.2, 0) is 11.3 Å². The fourth-order valence-corrected chi connectivity index (χ4v) is 4.19. The average Bonchev–Trinajstić information content (AvgIpc) is 3.25. The van der Waals surface area contributed by atoms with Crippen molar-refractivity contribution in [3.63, 3.8) is 0 Å². The molecule has 0 amide bonds. The number of anilines is 2. The number of para-hydroxylation sites is 1. The second-order valence-corrected chi connectivity index (χ2v) is 8.77. The summed E-state index contributed by atoms with van der Waals surface area (Å²) < 4.78 is 8.97. The lowest BCUT2D eigenvalue weighted by Gasteiger charge is -2.26. The molecule has 0 unspecified atom stereocenters. The maximum atomic E-state index is 13.6. The first-order valence-electron chi connectivity index (χ1n) is 12.0. The van der Waals surface area contributed by atoms with E-state index in [9.17, 15) is 4.79 Å². The number of ether oxygens (including phenoxy) is 1. The second-order valence-electron chi connectivity index (χ2n) is 8.36. The molecule has 0 aliphatic heterocycles. The predicted molar refractivity (Wildman–Crippen MR) is 143 cm³/mol. The van der Waals surface area contributed by atoms with Gasteiger partial charge in [-0.25, -0.2) is 9.50 Å². The van der Waals surface area contributed by atoms with Gasteiger partial charge in [-0.2, -0.15) is 10.1 Å². The van der Waals surface area contributed by atoms with Crippen molar-refractivity contribution in [2.75, 3.05) is 23.8 Å². The Bertz CT molecular complexity index is 1420. The summed E-state index contributed by atoms with van der Waals surface area (Å²) in [4.78, 5) is 24.3. The fraction of sp³-hybridized carbons (Fsp3) is 0.308. The molecule has 0 spiro atoms. The molecule has 4 aromatic rings. The summed E-state index contributed by atoms with van der Waals surface area (Å²) in [5.41, 5.74) is 7.39. The van der Waals surface area contributed by atoms with Crippen LogP contribution >= 0.6 is 11.6 Å². The molecule has 10 heteroatoms. The van der Waals surface area contributed by atoms with Crippen LogP contribution in [0.2, 0.25) is 5.02 Å². The Morgan fingerprint density at radius 1 is 1.19 bits per heavy atom. The lowest BCUT2D eigenvalue weighted by molar-refractivity contribution is 0.271. The third kappa shape index (κ3) is 5.21. The zero-order chi connectivity index (χ0) is 25.7. The van der Waals surface area contributed by atoms with Crippen LogP contribution in [0.25, 0.3) is 17.0 Å². The molecule has 0 fully saturated rings. The van der Waals surface area contributed by atoms with Gasteiger partial charge in [0, 0.05) is 18.9 Å². The van der Waals surface area contributed by atoms with Crippen molar-refractivity contribution in [3.8, 4) is 5.69 Å². The summed E-state index contributed by atoms with van der Waals surface area (Å²) in [6.45, 7) is 9.71. The fourth-order valence-electron chi connectivity index (χ4n) is 3.96. The number of nitrogen functional groups attached to an aromatic ring is 1. The first-order chi connectivity index (χ1) is 17.4. The average molecular weight is 508 g/mol. The summed E-state index contributed by atoms with van der Waals surface area (Å²) in [5, 5.41) is 5.11. The van der Waals surface area contributed by atoms with Crippen LogP contribution in [0.15, 0.2) is 60.2 Å². The van der Waals surface area contributed by atoms with Crippen molar-refractivity contribution in [1.82, 2.24) is 24.1 Å². The summed E-state index contributed by atoms with van der Waals surface area (Å²) in [6, 6.07) is 11.0. The number of hydrogen-bond acceptors (Lipinski definition) is 7. The highest BCUT2D eigenvalue weighted by molar-refractivity contribution is 6.33. The number of nitrogens with zero attached hydrogens (tertiary/aromatic N) is 6. The van der Waals surface area contributed by atoms with E-state index < -0.39 is 0 Å². The minimum Gasteiger partial charge on any atom is -0.493 e. The van der Waals surface area contributed by atoms with E-state index in [1.54, 1.807) is 23.0 Å². The largest absolute Gasteiger partial charge is 0.493 e. The molecule has 36 heavy (non-hydrogen) atoms. The molecule has 0 radical (unpaired) electrons. The third-order valence-electron chi connectivity index (χ3n) is 5.71. The molecule has 0 atom stereocenters. The van der Waals surface area contributed by atoms with Gasteiger partial charge < -0.3 is 15.4 Å². The molecule has 1 aromatic carbocycles. The maximum absolute atomic E-state index is 13.6. The second kappa shape index (κ2) is 11.3. The van der Waals surface area contributed by atoms with Gasteiger partial charge >= 0.3 is 0 Å². The van der Waals surface area contributed by atoms with Gasteiger partial charge in [-0.1, -0.05) is 56.6 Å². The minimum atomic E-state index is -0.257. The van der Waals surface area contributed by atoms with E-state index in [1.165, 1.54) is 4.52 Å². The van der Waals surface area contributed by atoms with E-state index in [-0.39, 0.29) is 18.1 Å². The van der Waals surface area contributed by atoms with Crippen molar-refractivity contribution < 1.29 is 4.74 Å². The normalized spacial score (nSPS) is 11.1. The molecule has 0 aliphatic carbocycles. The number of aromatic nitrogens is 5. The highest BCUT2D eigenvalue weighted by atomic mass is 35.5. The highest BCUT2D eigenvalue weighted by Gasteiger charge is 2.22. The van der Waals surface area contributed by atoms with E-state index >= 15 is 0 Å². The summed E-state index contributed by atoms with van der Waals surface area (Å²) in [6.07, 6.45) is 6.05. The van der Waals surface area contributed by atoms with Crippen LogP contribution in [0, 0.1) is 0 Å². The summed E-state index contributed by atoms with van der Waals surface area (Å²) >= 11 is 6.33. The van der Waals surface area contributed by atoms with E-state index in [4.69, 9.17) is 27.2 Å². The first-order valence-corrected chi connectivity index (χ1v) is 12.4. The number of rotatable bonds is 11. The number of fused-ring (bicyclic) bond motifs is 1. The molecule has 3 aromatic heterocycles. The molecular weight excluding hydrogens is 478 g/mol. The number of hydrogen-bond donors (Lipinski definition) is 1. The molecule has 0 bridgehead atoms. The van der Waals surface area contributed by atoms with Crippen LogP contribution in [0.4, 0.5) is 11.8 Å². The topological polar surface area (TPSA) is 104 Å². The molecule has 4 rings (SSSR count). The zero-order valence-corrected chi connectivity index (χ0v) is 21.3. The van der Waals surface area contributed by atoms with E-state index in [0.29, 0.717) is 52.3 Å². The molecule has 0 aliphatic rings. The molecule has 0 saturated carbocycles. The van der Waals surface area contributed by atoms with E-state index in [2.05, 4.69) is 30.4 Å². The number of benzene rings is 1. The van der Waals surface area contributed by atoms with E-state index in [1.807, 2.05) is 35.2 Å². The SMILES string of the molecule is C=C(OCCCC)c1cnc(N)nc1N(CCC)Cc1nn2ccc(Cl)c2c(=O)n1-c1ccccc1.